The highest BCUT2D eigenvalue weighted by molar-refractivity contribution is 9.09. The molecule has 0 saturated heterocycles. The van der Waals surface area contributed by atoms with E-state index in [1.807, 2.05) is 6.92 Å². The molecule has 1 atom stereocenters. The van der Waals surface area contributed by atoms with Crippen LogP contribution in [0.5, 0.6) is 0 Å². The number of ether oxygens (including phenoxy) is 1. The SMILES string of the molecule is CCOC(C)C(=O)OOCCBr. The largest absolute Gasteiger partial charge is 0.370 e. The van der Waals surface area contributed by atoms with Crippen molar-refractivity contribution in [3.8, 4) is 0 Å². The molecular formula is C7H13BrO4. The van der Waals surface area contributed by atoms with Gasteiger partial charge in [0.05, 0.1) is 0 Å². The molecule has 0 aromatic carbocycles. The number of hydrogen-bond donors (Lipinski definition) is 0. The van der Waals surface area contributed by atoms with E-state index in [1.54, 1.807) is 6.92 Å². The van der Waals surface area contributed by atoms with Gasteiger partial charge in [-0.3, -0.25) is 4.89 Å². The van der Waals surface area contributed by atoms with Crippen molar-refractivity contribution in [2.24, 2.45) is 0 Å². The van der Waals surface area contributed by atoms with Crippen molar-refractivity contribution < 1.29 is 19.3 Å². The molecule has 72 valence electrons. The van der Waals surface area contributed by atoms with Gasteiger partial charge >= 0.3 is 5.97 Å². The monoisotopic (exact) mass is 240 g/mol. The average molecular weight is 241 g/mol. The maximum Gasteiger partial charge on any atom is 0.370 e. The maximum atomic E-state index is 10.9. The third-order valence-corrected chi connectivity index (χ3v) is 1.37. The molecule has 0 spiro atoms. The molecule has 0 radical (unpaired) electrons. The van der Waals surface area contributed by atoms with Gasteiger partial charge < -0.3 is 4.74 Å². The van der Waals surface area contributed by atoms with E-state index in [4.69, 9.17) is 4.74 Å². The Balaban J connectivity index is 3.43. The molecule has 0 aromatic rings. The second kappa shape index (κ2) is 7.52. The first kappa shape index (κ1) is 11.9. The second-order valence-corrected chi connectivity index (χ2v) is 2.80. The highest BCUT2D eigenvalue weighted by Gasteiger charge is 2.14. The Morgan fingerprint density at radius 3 is 2.75 bits per heavy atom. The van der Waals surface area contributed by atoms with Crippen LogP contribution in [0.15, 0.2) is 0 Å². The van der Waals surface area contributed by atoms with Crippen molar-refractivity contribution in [1.29, 1.82) is 0 Å². The molecule has 0 aliphatic carbocycles. The van der Waals surface area contributed by atoms with Gasteiger partial charge in [0.15, 0.2) is 6.10 Å². The summed E-state index contributed by atoms with van der Waals surface area (Å²) in [5.74, 6) is -0.502. The van der Waals surface area contributed by atoms with E-state index in [-0.39, 0.29) is 0 Å². The minimum Gasteiger partial charge on any atom is -0.367 e. The zero-order valence-corrected chi connectivity index (χ0v) is 8.80. The van der Waals surface area contributed by atoms with Crippen LogP contribution in [0.25, 0.3) is 0 Å². The lowest BCUT2D eigenvalue weighted by Crippen LogP contribution is -2.23. The van der Waals surface area contributed by atoms with Crippen molar-refractivity contribution in [2.75, 3.05) is 18.5 Å². The first-order valence-corrected chi connectivity index (χ1v) is 4.85. The molecule has 0 fully saturated rings. The van der Waals surface area contributed by atoms with Crippen LogP contribution >= 0.6 is 15.9 Å². The fourth-order valence-corrected chi connectivity index (χ4v) is 0.649. The van der Waals surface area contributed by atoms with E-state index in [1.165, 1.54) is 0 Å². The highest BCUT2D eigenvalue weighted by Crippen LogP contribution is 1.95. The molecule has 0 amide bonds. The lowest BCUT2D eigenvalue weighted by Gasteiger charge is -2.08. The summed E-state index contributed by atoms with van der Waals surface area (Å²) in [5, 5.41) is 0.628. The molecule has 0 aliphatic rings. The summed E-state index contributed by atoms with van der Waals surface area (Å²) in [6, 6.07) is 0. The van der Waals surface area contributed by atoms with Crippen LogP contribution in [-0.4, -0.2) is 30.6 Å². The smallest absolute Gasteiger partial charge is 0.367 e. The molecular weight excluding hydrogens is 228 g/mol. The number of carbonyl (C=O) groups excluding carboxylic acids is 1. The topological polar surface area (TPSA) is 44.8 Å². The van der Waals surface area contributed by atoms with E-state index in [0.29, 0.717) is 18.5 Å². The van der Waals surface area contributed by atoms with Crippen molar-refractivity contribution in [3.63, 3.8) is 0 Å². The summed E-state index contributed by atoms with van der Waals surface area (Å²) < 4.78 is 4.97. The van der Waals surface area contributed by atoms with Crippen LogP contribution in [0.2, 0.25) is 0 Å². The number of carbonyl (C=O) groups is 1. The van der Waals surface area contributed by atoms with Gasteiger partial charge in [-0.15, -0.1) is 0 Å². The molecule has 0 bridgehead atoms. The predicted octanol–water partition coefficient (Wildman–Crippen LogP) is 1.28. The second-order valence-electron chi connectivity index (χ2n) is 2.01. The van der Waals surface area contributed by atoms with Gasteiger partial charge in [-0.05, 0) is 13.8 Å². The van der Waals surface area contributed by atoms with Gasteiger partial charge in [-0.1, -0.05) is 15.9 Å². The van der Waals surface area contributed by atoms with Crippen LogP contribution in [0.3, 0.4) is 0 Å². The fraction of sp³-hybridized carbons (Fsp3) is 0.857. The Labute approximate surface area is 80.2 Å². The van der Waals surface area contributed by atoms with Gasteiger partial charge in [-0.25, -0.2) is 4.79 Å². The van der Waals surface area contributed by atoms with Gasteiger partial charge in [-0.2, -0.15) is 4.89 Å². The Morgan fingerprint density at radius 2 is 2.25 bits per heavy atom. The molecule has 0 heterocycles. The summed E-state index contributed by atoms with van der Waals surface area (Å²) >= 11 is 3.12. The fourth-order valence-electron chi connectivity index (χ4n) is 0.517. The average Bonchev–Trinajstić information content (AvgIpc) is 2.05. The molecule has 5 heteroatoms. The van der Waals surface area contributed by atoms with Gasteiger partial charge in [0.2, 0.25) is 0 Å². The molecule has 0 aliphatic heterocycles. The molecule has 0 saturated carbocycles. The minimum absolute atomic E-state index is 0.338. The van der Waals surface area contributed by atoms with Crippen LogP contribution in [0.4, 0.5) is 0 Å². The van der Waals surface area contributed by atoms with E-state index in [2.05, 4.69) is 25.7 Å². The molecule has 12 heavy (non-hydrogen) atoms. The third-order valence-electron chi connectivity index (χ3n) is 1.05. The van der Waals surface area contributed by atoms with Crippen LogP contribution in [0.1, 0.15) is 13.8 Å². The van der Waals surface area contributed by atoms with Crippen LogP contribution in [0, 0.1) is 0 Å². The van der Waals surface area contributed by atoms with Crippen molar-refractivity contribution >= 4 is 21.9 Å². The normalized spacial score (nSPS) is 12.6. The standard InChI is InChI=1S/C7H13BrO4/c1-3-10-6(2)7(9)12-11-5-4-8/h6H,3-5H2,1-2H3. The third kappa shape index (κ3) is 5.51. The van der Waals surface area contributed by atoms with Crippen LogP contribution in [-0.2, 0) is 19.3 Å². The zero-order chi connectivity index (χ0) is 9.40. The first-order chi connectivity index (χ1) is 5.72. The van der Waals surface area contributed by atoms with Crippen molar-refractivity contribution in [2.45, 2.75) is 20.0 Å². The summed E-state index contributed by atoms with van der Waals surface area (Å²) in [6.45, 7) is 4.24. The van der Waals surface area contributed by atoms with Crippen LogP contribution < -0.4 is 0 Å². The molecule has 0 aromatic heterocycles. The summed E-state index contributed by atoms with van der Waals surface area (Å²) in [7, 11) is 0. The number of alkyl halides is 1. The van der Waals surface area contributed by atoms with E-state index >= 15 is 0 Å². The zero-order valence-electron chi connectivity index (χ0n) is 7.21. The summed E-state index contributed by atoms with van der Waals surface area (Å²) in [6.07, 6.45) is -0.565. The highest BCUT2D eigenvalue weighted by atomic mass is 79.9. The van der Waals surface area contributed by atoms with Crippen molar-refractivity contribution in [3.05, 3.63) is 0 Å². The van der Waals surface area contributed by atoms with Crippen molar-refractivity contribution in [1.82, 2.24) is 0 Å². The molecule has 0 rings (SSSR count). The lowest BCUT2D eigenvalue weighted by atomic mass is 10.4. The number of rotatable bonds is 6. The lowest BCUT2D eigenvalue weighted by molar-refractivity contribution is -0.275. The molecule has 0 N–H and O–H groups in total. The maximum absolute atomic E-state index is 10.9. The van der Waals surface area contributed by atoms with E-state index in [9.17, 15) is 4.79 Å². The minimum atomic E-state index is -0.565. The van der Waals surface area contributed by atoms with E-state index in [0.717, 1.165) is 0 Å². The number of hydrogen-bond acceptors (Lipinski definition) is 4. The molecule has 4 nitrogen and oxygen atoms in total. The van der Waals surface area contributed by atoms with Gasteiger partial charge in [0, 0.05) is 11.9 Å². The van der Waals surface area contributed by atoms with Gasteiger partial charge in [0.1, 0.15) is 6.61 Å². The molecule has 1 unspecified atom stereocenters. The van der Waals surface area contributed by atoms with E-state index < -0.39 is 12.1 Å². The Hall–Kier alpha value is -0.130. The Morgan fingerprint density at radius 1 is 1.58 bits per heavy atom. The summed E-state index contributed by atoms with van der Waals surface area (Å²) in [4.78, 5) is 19.9. The van der Waals surface area contributed by atoms with Gasteiger partial charge in [0.25, 0.3) is 0 Å². The Kier molecular flexibility index (Phi) is 7.43. The summed E-state index contributed by atoms with van der Waals surface area (Å²) in [5.41, 5.74) is 0. The number of halogens is 1. The quantitative estimate of drug-likeness (QED) is 0.304. The first-order valence-electron chi connectivity index (χ1n) is 3.73. The Bertz CT molecular complexity index is 129. The predicted molar refractivity (Wildman–Crippen MR) is 46.9 cm³/mol.